The number of rotatable bonds is 6. The Kier molecular flexibility index (Phi) is 5.28. The van der Waals surface area contributed by atoms with Gasteiger partial charge in [-0.05, 0) is 41.8 Å². The van der Waals surface area contributed by atoms with Crippen LogP contribution >= 0.6 is 0 Å². The molecule has 0 aliphatic rings. The molecule has 4 N–H and O–H groups in total. The first-order chi connectivity index (χ1) is 10.9. The van der Waals surface area contributed by atoms with Crippen molar-refractivity contribution in [3.63, 3.8) is 0 Å². The van der Waals surface area contributed by atoms with Crippen LogP contribution in [0, 0.1) is 17.6 Å². The number of primary amides is 1. The van der Waals surface area contributed by atoms with Gasteiger partial charge in [0, 0.05) is 18.5 Å². The number of hydrogen-bond acceptors (Lipinski definition) is 3. The highest BCUT2D eigenvalue weighted by molar-refractivity contribution is 5.76. The summed E-state index contributed by atoms with van der Waals surface area (Å²) in [7, 11) is 0. The van der Waals surface area contributed by atoms with Gasteiger partial charge in [0.15, 0.2) is 11.6 Å². The summed E-state index contributed by atoms with van der Waals surface area (Å²) in [6.45, 7) is 2.04. The van der Waals surface area contributed by atoms with Gasteiger partial charge >= 0.3 is 0 Å². The van der Waals surface area contributed by atoms with Crippen LogP contribution in [0.4, 0.5) is 8.78 Å². The zero-order valence-corrected chi connectivity index (χ0v) is 12.7. The minimum Gasteiger partial charge on any atom is -0.457 e. The van der Waals surface area contributed by atoms with Crippen molar-refractivity contribution in [1.29, 1.82) is 0 Å². The second-order valence-corrected chi connectivity index (χ2v) is 5.32. The minimum absolute atomic E-state index is 0.179. The van der Waals surface area contributed by atoms with Crippen molar-refractivity contribution in [3.8, 4) is 11.5 Å². The van der Waals surface area contributed by atoms with Gasteiger partial charge < -0.3 is 16.2 Å². The summed E-state index contributed by atoms with van der Waals surface area (Å²) in [6.07, 6.45) is 0.427. The summed E-state index contributed by atoms with van der Waals surface area (Å²) in [4.78, 5) is 11.2. The highest BCUT2D eigenvalue weighted by Gasteiger charge is 2.13. The Labute approximate surface area is 133 Å². The van der Waals surface area contributed by atoms with Crippen LogP contribution in [-0.4, -0.2) is 5.91 Å². The van der Waals surface area contributed by atoms with E-state index in [1.807, 2.05) is 0 Å². The summed E-state index contributed by atoms with van der Waals surface area (Å²) in [5.74, 6) is -2.05. The standard InChI is InChI=1S/C17H18F2N2O2/c1-10(17(21)22)6-12-7-13(3-2-11(12)9-20)23-14-4-5-15(18)16(19)8-14/h2-5,7-8,10H,6,9,20H2,1H3,(H2,21,22). The number of benzene rings is 2. The molecule has 0 radical (unpaired) electrons. The molecule has 0 bridgehead atoms. The van der Waals surface area contributed by atoms with E-state index in [1.54, 1.807) is 25.1 Å². The molecule has 1 amide bonds. The fourth-order valence-electron chi connectivity index (χ4n) is 2.16. The molecular weight excluding hydrogens is 302 g/mol. The topological polar surface area (TPSA) is 78.3 Å². The van der Waals surface area contributed by atoms with Gasteiger partial charge in [0.1, 0.15) is 11.5 Å². The van der Waals surface area contributed by atoms with E-state index in [9.17, 15) is 13.6 Å². The average molecular weight is 320 g/mol. The first kappa shape index (κ1) is 16.9. The van der Waals surface area contributed by atoms with Crippen LogP contribution in [0.3, 0.4) is 0 Å². The molecule has 23 heavy (non-hydrogen) atoms. The number of amides is 1. The minimum atomic E-state index is -0.983. The van der Waals surface area contributed by atoms with Crippen LogP contribution in [0.15, 0.2) is 36.4 Å². The van der Waals surface area contributed by atoms with Gasteiger partial charge in [0.25, 0.3) is 0 Å². The molecule has 2 aromatic carbocycles. The fraction of sp³-hybridized carbons (Fsp3) is 0.235. The first-order valence-electron chi connectivity index (χ1n) is 7.14. The van der Waals surface area contributed by atoms with Crippen molar-refractivity contribution in [1.82, 2.24) is 0 Å². The quantitative estimate of drug-likeness (QED) is 0.859. The van der Waals surface area contributed by atoms with E-state index in [1.165, 1.54) is 6.07 Å². The van der Waals surface area contributed by atoms with Crippen LogP contribution in [0.1, 0.15) is 18.1 Å². The van der Waals surface area contributed by atoms with E-state index in [4.69, 9.17) is 16.2 Å². The zero-order chi connectivity index (χ0) is 17.0. The molecule has 0 aliphatic carbocycles. The lowest BCUT2D eigenvalue weighted by Crippen LogP contribution is -2.23. The molecule has 0 spiro atoms. The average Bonchev–Trinajstić information content (AvgIpc) is 2.51. The van der Waals surface area contributed by atoms with Gasteiger partial charge in [-0.3, -0.25) is 4.79 Å². The SMILES string of the molecule is CC(Cc1cc(Oc2ccc(F)c(F)c2)ccc1CN)C(N)=O. The summed E-state index contributed by atoms with van der Waals surface area (Å²) in [6, 6.07) is 8.48. The lowest BCUT2D eigenvalue weighted by Gasteiger charge is -2.14. The fourth-order valence-corrected chi connectivity index (χ4v) is 2.16. The molecule has 6 heteroatoms. The Morgan fingerprint density at radius 2 is 1.74 bits per heavy atom. The van der Waals surface area contributed by atoms with Gasteiger partial charge in [-0.25, -0.2) is 8.78 Å². The smallest absolute Gasteiger partial charge is 0.220 e. The maximum absolute atomic E-state index is 13.2. The molecule has 1 unspecified atom stereocenters. The Morgan fingerprint density at radius 3 is 2.35 bits per heavy atom. The van der Waals surface area contributed by atoms with Crippen LogP contribution in [0.2, 0.25) is 0 Å². The van der Waals surface area contributed by atoms with E-state index in [0.29, 0.717) is 18.7 Å². The third-order valence-electron chi connectivity index (χ3n) is 3.54. The van der Waals surface area contributed by atoms with Crippen molar-refractivity contribution in [3.05, 3.63) is 59.2 Å². The van der Waals surface area contributed by atoms with E-state index in [-0.39, 0.29) is 11.7 Å². The maximum Gasteiger partial charge on any atom is 0.220 e. The predicted octanol–water partition coefficient (Wildman–Crippen LogP) is 2.88. The molecule has 1 atom stereocenters. The van der Waals surface area contributed by atoms with Crippen molar-refractivity contribution < 1.29 is 18.3 Å². The summed E-state index contributed by atoms with van der Waals surface area (Å²) < 4.78 is 31.7. The van der Waals surface area contributed by atoms with Gasteiger partial charge in [-0.15, -0.1) is 0 Å². The Bertz CT molecular complexity index is 720. The lowest BCUT2D eigenvalue weighted by molar-refractivity contribution is -0.121. The van der Waals surface area contributed by atoms with E-state index in [0.717, 1.165) is 23.3 Å². The molecule has 2 aromatic rings. The monoisotopic (exact) mass is 320 g/mol. The number of halogens is 2. The van der Waals surface area contributed by atoms with Gasteiger partial charge in [-0.1, -0.05) is 13.0 Å². The normalized spacial score (nSPS) is 12.0. The van der Waals surface area contributed by atoms with Crippen molar-refractivity contribution in [2.75, 3.05) is 0 Å². The Hall–Kier alpha value is -2.47. The van der Waals surface area contributed by atoms with E-state index >= 15 is 0 Å². The van der Waals surface area contributed by atoms with Crippen molar-refractivity contribution in [2.24, 2.45) is 17.4 Å². The van der Waals surface area contributed by atoms with Crippen molar-refractivity contribution >= 4 is 5.91 Å². The molecule has 0 heterocycles. The summed E-state index contributed by atoms with van der Waals surface area (Å²) >= 11 is 0. The van der Waals surface area contributed by atoms with Crippen LogP contribution in [0.25, 0.3) is 0 Å². The van der Waals surface area contributed by atoms with Gasteiger partial charge in [-0.2, -0.15) is 0 Å². The molecule has 0 saturated carbocycles. The predicted molar refractivity (Wildman–Crippen MR) is 82.8 cm³/mol. The number of hydrogen-bond donors (Lipinski definition) is 2. The molecule has 2 rings (SSSR count). The summed E-state index contributed by atoms with van der Waals surface area (Å²) in [5, 5.41) is 0. The van der Waals surface area contributed by atoms with Crippen LogP contribution < -0.4 is 16.2 Å². The van der Waals surface area contributed by atoms with E-state index < -0.39 is 17.5 Å². The number of nitrogens with two attached hydrogens (primary N) is 2. The molecule has 0 aromatic heterocycles. The molecule has 0 fully saturated rings. The van der Waals surface area contributed by atoms with Crippen LogP contribution in [0.5, 0.6) is 11.5 Å². The Morgan fingerprint density at radius 1 is 1.09 bits per heavy atom. The lowest BCUT2D eigenvalue weighted by atomic mass is 9.96. The maximum atomic E-state index is 13.2. The van der Waals surface area contributed by atoms with Gasteiger partial charge in [0.2, 0.25) is 5.91 Å². The molecule has 0 aliphatic heterocycles. The molecule has 4 nitrogen and oxygen atoms in total. The molecule has 122 valence electrons. The summed E-state index contributed by atoms with van der Waals surface area (Å²) in [5.41, 5.74) is 12.7. The Balaban J connectivity index is 2.25. The first-order valence-corrected chi connectivity index (χ1v) is 7.14. The largest absolute Gasteiger partial charge is 0.457 e. The number of carbonyl (C=O) groups is 1. The second-order valence-electron chi connectivity index (χ2n) is 5.32. The van der Waals surface area contributed by atoms with Gasteiger partial charge in [0.05, 0.1) is 0 Å². The van der Waals surface area contributed by atoms with Crippen LogP contribution in [-0.2, 0) is 17.8 Å². The highest BCUT2D eigenvalue weighted by atomic mass is 19.2. The second kappa shape index (κ2) is 7.19. The third-order valence-corrected chi connectivity index (χ3v) is 3.54. The zero-order valence-electron chi connectivity index (χ0n) is 12.7. The number of ether oxygens (including phenoxy) is 1. The highest BCUT2D eigenvalue weighted by Crippen LogP contribution is 2.26. The van der Waals surface area contributed by atoms with E-state index in [2.05, 4.69) is 0 Å². The number of carbonyl (C=O) groups excluding carboxylic acids is 1. The molecular formula is C17H18F2N2O2. The molecule has 0 saturated heterocycles. The third kappa shape index (κ3) is 4.26. The van der Waals surface area contributed by atoms with Crippen molar-refractivity contribution in [2.45, 2.75) is 19.9 Å².